The van der Waals surface area contributed by atoms with E-state index in [0.29, 0.717) is 5.56 Å². The first kappa shape index (κ1) is 14.6. The van der Waals surface area contributed by atoms with Crippen molar-refractivity contribution in [1.29, 1.82) is 0 Å². The molecule has 1 saturated carbocycles. The van der Waals surface area contributed by atoms with Crippen molar-refractivity contribution >= 4 is 5.91 Å². The van der Waals surface area contributed by atoms with E-state index >= 15 is 0 Å². The average Bonchev–Trinajstić information content (AvgIpc) is 3.03. The quantitative estimate of drug-likeness (QED) is 0.905. The molecule has 0 bridgehead atoms. The highest BCUT2D eigenvalue weighted by molar-refractivity contribution is 5.95. The number of aliphatic hydroxyl groups excluding tert-OH is 1. The van der Waals surface area contributed by atoms with E-state index in [1.54, 1.807) is 4.68 Å². The van der Waals surface area contributed by atoms with E-state index in [1.807, 2.05) is 25.1 Å². The Labute approximate surface area is 125 Å². The number of piperidine rings is 1. The summed E-state index contributed by atoms with van der Waals surface area (Å²) in [6.07, 6.45) is 7.82. The molecule has 3 unspecified atom stereocenters. The van der Waals surface area contributed by atoms with E-state index in [9.17, 15) is 9.90 Å². The van der Waals surface area contributed by atoms with Crippen LogP contribution in [0.15, 0.2) is 6.20 Å². The first-order chi connectivity index (χ1) is 10.1. The van der Waals surface area contributed by atoms with Crippen molar-refractivity contribution in [1.82, 2.24) is 14.7 Å². The van der Waals surface area contributed by atoms with Gasteiger partial charge in [0, 0.05) is 31.7 Å². The summed E-state index contributed by atoms with van der Waals surface area (Å²) >= 11 is 0. The lowest BCUT2D eigenvalue weighted by atomic mass is 9.87. The van der Waals surface area contributed by atoms with E-state index in [0.717, 1.165) is 50.8 Å². The van der Waals surface area contributed by atoms with Crippen molar-refractivity contribution in [3.8, 4) is 0 Å². The Bertz CT molecular complexity index is 526. The molecule has 2 heterocycles. The maximum absolute atomic E-state index is 12.9. The van der Waals surface area contributed by atoms with Crippen LogP contribution in [0.5, 0.6) is 0 Å². The molecular weight excluding hydrogens is 266 g/mol. The summed E-state index contributed by atoms with van der Waals surface area (Å²) < 4.78 is 1.70. The van der Waals surface area contributed by atoms with E-state index in [-0.39, 0.29) is 24.0 Å². The molecule has 2 aliphatic rings. The summed E-state index contributed by atoms with van der Waals surface area (Å²) in [5, 5.41) is 14.5. The molecule has 3 atom stereocenters. The Kier molecular flexibility index (Phi) is 4.02. The molecule has 5 nitrogen and oxygen atoms in total. The van der Waals surface area contributed by atoms with Gasteiger partial charge in [-0.05, 0) is 39.0 Å². The Hall–Kier alpha value is -1.36. The van der Waals surface area contributed by atoms with Crippen molar-refractivity contribution in [2.45, 2.75) is 57.6 Å². The number of amides is 1. The van der Waals surface area contributed by atoms with Gasteiger partial charge >= 0.3 is 0 Å². The van der Waals surface area contributed by atoms with Crippen LogP contribution in [0, 0.1) is 12.8 Å². The van der Waals surface area contributed by atoms with Gasteiger partial charge in [-0.3, -0.25) is 9.48 Å². The van der Waals surface area contributed by atoms with Gasteiger partial charge in [0.05, 0.1) is 17.4 Å². The fourth-order valence-electron chi connectivity index (χ4n) is 4.04. The molecule has 1 aliphatic carbocycles. The molecule has 0 spiro atoms. The third-order valence-electron chi connectivity index (χ3n) is 5.08. The number of hydrogen-bond donors (Lipinski definition) is 1. The highest BCUT2D eigenvalue weighted by Gasteiger charge is 2.39. The van der Waals surface area contributed by atoms with Gasteiger partial charge in [0.1, 0.15) is 0 Å². The zero-order valence-electron chi connectivity index (χ0n) is 13.0. The minimum atomic E-state index is -0.238. The molecule has 1 aromatic heterocycles. The number of likely N-dealkylation sites (tertiary alicyclic amines) is 1. The predicted octanol–water partition coefficient (Wildman–Crippen LogP) is 1.88. The van der Waals surface area contributed by atoms with Crippen LogP contribution in [-0.4, -0.2) is 44.4 Å². The Morgan fingerprint density at radius 2 is 2.10 bits per heavy atom. The van der Waals surface area contributed by atoms with Crippen LogP contribution in [-0.2, 0) is 7.05 Å². The van der Waals surface area contributed by atoms with Crippen LogP contribution in [0.3, 0.4) is 0 Å². The van der Waals surface area contributed by atoms with E-state index in [2.05, 4.69) is 5.10 Å². The molecule has 1 N–H and O–H groups in total. The average molecular weight is 291 g/mol. The first-order valence-electron chi connectivity index (χ1n) is 8.07. The normalized spacial score (nSPS) is 29.9. The van der Waals surface area contributed by atoms with Gasteiger partial charge in [-0.1, -0.05) is 6.42 Å². The molecule has 21 heavy (non-hydrogen) atoms. The summed E-state index contributed by atoms with van der Waals surface area (Å²) in [5.74, 6) is 0.343. The molecule has 0 aromatic carbocycles. The Balaban J connectivity index is 1.83. The standard InChI is InChI=1S/C16H25N3O2/c1-11-13(10-18(2)17-11)16(21)19-9-4-3-7-14(19)12-6-5-8-15(12)20/h10,12,14-15,20H,3-9H2,1-2H3. The number of aromatic nitrogens is 2. The van der Waals surface area contributed by atoms with Crippen molar-refractivity contribution in [3.05, 3.63) is 17.5 Å². The second-order valence-electron chi connectivity index (χ2n) is 6.53. The van der Waals surface area contributed by atoms with Crippen molar-refractivity contribution < 1.29 is 9.90 Å². The van der Waals surface area contributed by atoms with Crippen molar-refractivity contribution in [3.63, 3.8) is 0 Å². The number of carbonyl (C=O) groups excluding carboxylic acids is 1. The molecule has 2 fully saturated rings. The molecule has 116 valence electrons. The van der Waals surface area contributed by atoms with Gasteiger partial charge in [0.2, 0.25) is 0 Å². The minimum absolute atomic E-state index is 0.0874. The lowest BCUT2D eigenvalue weighted by molar-refractivity contribution is 0.0287. The van der Waals surface area contributed by atoms with E-state index in [1.165, 1.54) is 0 Å². The highest BCUT2D eigenvalue weighted by atomic mass is 16.3. The van der Waals surface area contributed by atoms with Gasteiger partial charge in [0.15, 0.2) is 0 Å². The number of aryl methyl sites for hydroxylation is 2. The second kappa shape index (κ2) is 5.79. The van der Waals surface area contributed by atoms with Crippen LogP contribution in [0.2, 0.25) is 0 Å². The van der Waals surface area contributed by atoms with Gasteiger partial charge in [-0.2, -0.15) is 5.10 Å². The van der Waals surface area contributed by atoms with Crippen LogP contribution < -0.4 is 0 Å². The molecule has 1 aliphatic heterocycles. The Morgan fingerprint density at radius 3 is 2.71 bits per heavy atom. The molecule has 1 saturated heterocycles. The number of hydrogen-bond acceptors (Lipinski definition) is 3. The monoisotopic (exact) mass is 291 g/mol. The fraction of sp³-hybridized carbons (Fsp3) is 0.750. The van der Waals surface area contributed by atoms with E-state index < -0.39 is 0 Å². The number of nitrogens with zero attached hydrogens (tertiary/aromatic N) is 3. The fourth-order valence-corrected chi connectivity index (χ4v) is 4.04. The van der Waals surface area contributed by atoms with Gasteiger partial charge in [0.25, 0.3) is 5.91 Å². The highest BCUT2D eigenvalue weighted by Crippen LogP contribution is 2.35. The molecule has 5 heteroatoms. The summed E-state index contributed by atoms with van der Waals surface area (Å²) in [7, 11) is 1.85. The zero-order valence-corrected chi connectivity index (χ0v) is 13.0. The zero-order chi connectivity index (χ0) is 15.0. The predicted molar refractivity (Wildman–Crippen MR) is 80.0 cm³/mol. The topological polar surface area (TPSA) is 58.4 Å². The maximum Gasteiger partial charge on any atom is 0.257 e. The summed E-state index contributed by atoms with van der Waals surface area (Å²) in [6, 6.07) is 0.198. The maximum atomic E-state index is 12.9. The van der Waals surface area contributed by atoms with Gasteiger partial charge in [-0.25, -0.2) is 0 Å². The van der Waals surface area contributed by atoms with Gasteiger partial charge < -0.3 is 10.0 Å². The molecule has 0 radical (unpaired) electrons. The minimum Gasteiger partial charge on any atom is -0.393 e. The lowest BCUT2D eigenvalue weighted by Gasteiger charge is -2.40. The molecule has 3 rings (SSSR count). The second-order valence-corrected chi connectivity index (χ2v) is 6.53. The first-order valence-corrected chi connectivity index (χ1v) is 8.07. The van der Waals surface area contributed by atoms with E-state index in [4.69, 9.17) is 0 Å². The van der Waals surface area contributed by atoms with Crippen LogP contribution >= 0.6 is 0 Å². The Morgan fingerprint density at radius 1 is 1.29 bits per heavy atom. The van der Waals surface area contributed by atoms with Crippen molar-refractivity contribution in [2.24, 2.45) is 13.0 Å². The molecule has 1 aromatic rings. The largest absolute Gasteiger partial charge is 0.393 e. The van der Waals surface area contributed by atoms with Crippen molar-refractivity contribution in [2.75, 3.05) is 6.54 Å². The summed E-state index contributed by atoms with van der Waals surface area (Å²) in [6.45, 7) is 2.69. The molecule has 1 amide bonds. The SMILES string of the molecule is Cc1nn(C)cc1C(=O)N1CCCCC1C1CCCC1O. The summed E-state index contributed by atoms with van der Waals surface area (Å²) in [4.78, 5) is 14.9. The smallest absolute Gasteiger partial charge is 0.257 e. The van der Waals surface area contributed by atoms with Crippen LogP contribution in [0.25, 0.3) is 0 Å². The third kappa shape index (κ3) is 2.71. The van der Waals surface area contributed by atoms with Gasteiger partial charge in [-0.15, -0.1) is 0 Å². The van der Waals surface area contributed by atoms with Crippen LogP contribution in [0.1, 0.15) is 54.6 Å². The lowest BCUT2D eigenvalue weighted by Crippen LogP contribution is -2.49. The number of carbonyl (C=O) groups is 1. The summed E-state index contributed by atoms with van der Waals surface area (Å²) in [5.41, 5.74) is 1.50. The number of aliphatic hydroxyl groups is 1. The third-order valence-corrected chi connectivity index (χ3v) is 5.08. The molecular formula is C16H25N3O2. The number of rotatable bonds is 2. The van der Waals surface area contributed by atoms with Crippen LogP contribution in [0.4, 0.5) is 0 Å².